The first-order chi connectivity index (χ1) is 8.63. The van der Waals surface area contributed by atoms with Gasteiger partial charge in [-0.25, -0.2) is 0 Å². The molecule has 2 amide bonds. The summed E-state index contributed by atoms with van der Waals surface area (Å²) in [4.78, 5) is 25.3. The van der Waals surface area contributed by atoms with Crippen molar-refractivity contribution in [2.75, 3.05) is 26.7 Å². The molecule has 5 heteroatoms. The van der Waals surface area contributed by atoms with E-state index in [1.807, 2.05) is 6.92 Å². The van der Waals surface area contributed by atoms with Gasteiger partial charge in [0.25, 0.3) is 0 Å². The molecule has 1 saturated carbocycles. The number of hydrogen-bond acceptors (Lipinski definition) is 3. The van der Waals surface area contributed by atoms with Crippen LogP contribution in [0.15, 0.2) is 0 Å². The minimum atomic E-state index is -0.0886. The van der Waals surface area contributed by atoms with E-state index in [1.54, 1.807) is 11.9 Å². The maximum absolute atomic E-state index is 12.3. The van der Waals surface area contributed by atoms with Gasteiger partial charge in [0.1, 0.15) is 0 Å². The second kappa shape index (κ2) is 5.69. The molecule has 0 aromatic carbocycles. The highest BCUT2D eigenvalue weighted by atomic mass is 16.2. The van der Waals surface area contributed by atoms with Gasteiger partial charge in [-0.15, -0.1) is 0 Å². The van der Waals surface area contributed by atoms with Gasteiger partial charge in [0.2, 0.25) is 11.8 Å². The Balaban J connectivity index is 1.88. The molecule has 0 bridgehead atoms. The molecule has 2 fully saturated rings. The largest absolute Gasteiger partial charge is 0.355 e. The number of carbonyl (C=O) groups is 2. The van der Waals surface area contributed by atoms with E-state index in [0.29, 0.717) is 18.4 Å². The molecular formula is C13H23N3O2. The lowest BCUT2D eigenvalue weighted by Gasteiger charge is -2.24. The molecule has 102 valence electrons. The van der Waals surface area contributed by atoms with Crippen LogP contribution in [0.4, 0.5) is 0 Å². The Morgan fingerprint density at radius 1 is 1.39 bits per heavy atom. The summed E-state index contributed by atoms with van der Waals surface area (Å²) in [5.74, 6) is 1.12. The van der Waals surface area contributed by atoms with E-state index in [1.165, 1.54) is 12.8 Å². The van der Waals surface area contributed by atoms with Crippen molar-refractivity contribution in [1.82, 2.24) is 15.5 Å². The van der Waals surface area contributed by atoms with Crippen LogP contribution >= 0.6 is 0 Å². The zero-order valence-corrected chi connectivity index (χ0v) is 11.2. The van der Waals surface area contributed by atoms with E-state index >= 15 is 0 Å². The highest BCUT2D eigenvalue weighted by Gasteiger charge is 2.43. The number of nitrogens with zero attached hydrogens (tertiary/aromatic N) is 1. The number of likely N-dealkylation sites (N-methyl/N-ethyl adjacent to an activating group) is 2. The molecule has 2 aliphatic rings. The Morgan fingerprint density at radius 3 is 2.89 bits per heavy atom. The number of carbonyl (C=O) groups excluding carboxylic acids is 2. The van der Waals surface area contributed by atoms with Crippen molar-refractivity contribution in [3.05, 3.63) is 0 Å². The van der Waals surface area contributed by atoms with E-state index in [0.717, 1.165) is 13.0 Å². The summed E-state index contributed by atoms with van der Waals surface area (Å²) in [6.07, 6.45) is 3.62. The van der Waals surface area contributed by atoms with Crippen molar-refractivity contribution in [2.24, 2.45) is 11.8 Å². The van der Waals surface area contributed by atoms with Crippen LogP contribution in [0.25, 0.3) is 0 Å². The number of amides is 2. The zero-order valence-electron chi connectivity index (χ0n) is 11.2. The van der Waals surface area contributed by atoms with Gasteiger partial charge in [0.15, 0.2) is 0 Å². The van der Waals surface area contributed by atoms with Gasteiger partial charge < -0.3 is 15.5 Å². The van der Waals surface area contributed by atoms with Crippen LogP contribution in [-0.4, -0.2) is 49.4 Å². The lowest BCUT2D eigenvalue weighted by Crippen LogP contribution is -2.47. The summed E-state index contributed by atoms with van der Waals surface area (Å²) in [5, 5.41) is 6.04. The average Bonchev–Trinajstić information content (AvgIpc) is 2.89. The quantitative estimate of drug-likeness (QED) is 0.739. The molecule has 1 aliphatic carbocycles. The van der Waals surface area contributed by atoms with Crippen molar-refractivity contribution >= 4 is 11.8 Å². The van der Waals surface area contributed by atoms with Crippen LogP contribution in [0.2, 0.25) is 0 Å². The number of fused-ring (bicyclic) bond motifs is 1. The third kappa shape index (κ3) is 2.66. The molecular weight excluding hydrogens is 230 g/mol. The summed E-state index contributed by atoms with van der Waals surface area (Å²) in [5.41, 5.74) is 0. The van der Waals surface area contributed by atoms with Crippen LogP contribution in [0.5, 0.6) is 0 Å². The fourth-order valence-corrected chi connectivity index (χ4v) is 3.24. The number of rotatable bonds is 4. The van der Waals surface area contributed by atoms with Crippen LogP contribution in [-0.2, 0) is 9.59 Å². The summed E-state index contributed by atoms with van der Waals surface area (Å²) >= 11 is 0. The van der Waals surface area contributed by atoms with Crippen molar-refractivity contribution in [2.45, 2.75) is 32.2 Å². The predicted octanol–water partition coefficient (Wildman–Crippen LogP) is -0.0310. The van der Waals surface area contributed by atoms with Crippen molar-refractivity contribution in [3.63, 3.8) is 0 Å². The molecule has 1 aliphatic heterocycles. The molecule has 0 aromatic heterocycles. The highest BCUT2D eigenvalue weighted by Crippen LogP contribution is 2.38. The maximum atomic E-state index is 12.3. The van der Waals surface area contributed by atoms with Crippen LogP contribution in [0, 0.1) is 11.8 Å². The predicted molar refractivity (Wildman–Crippen MR) is 68.9 cm³/mol. The van der Waals surface area contributed by atoms with Gasteiger partial charge in [-0.05, 0) is 38.1 Å². The molecule has 0 aromatic rings. The zero-order chi connectivity index (χ0) is 13.1. The van der Waals surface area contributed by atoms with Gasteiger partial charge in [0, 0.05) is 13.6 Å². The minimum Gasteiger partial charge on any atom is -0.355 e. The first-order valence-electron chi connectivity index (χ1n) is 6.88. The number of hydrogen-bond donors (Lipinski definition) is 2. The highest BCUT2D eigenvalue weighted by molar-refractivity contribution is 5.87. The Morgan fingerprint density at radius 2 is 2.17 bits per heavy atom. The molecule has 2 rings (SSSR count). The van der Waals surface area contributed by atoms with Crippen LogP contribution in [0.3, 0.4) is 0 Å². The Labute approximate surface area is 108 Å². The summed E-state index contributed by atoms with van der Waals surface area (Å²) in [7, 11) is 1.71. The van der Waals surface area contributed by atoms with Crippen molar-refractivity contribution < 1.29 is 9.59 Å². The third-order valence-corrected chi connectivity index (χ3v) is 4.14. The summed E-state index contributed by atoms with van der Waals surface area (Å²) < 4.78 is 0. The summed E-state index contributed by atoms with van der Waals surface area (Å²) in [6.45, 7) is 3.59. The minimum absolute atomic E-state index is 0.0654. The van der Waals surface area contributed by atoms with E-state index in [-0.39, 0.29) is 24.4 Å². The smallest absolute Gasteiger partial charge is 0.240 e. The molecule has 18 heavy (non-hydrogen) atoms. The molecule has 5 nitrogen and oxygen atoms in total. The first kappa shape index (κ1) is 13.3. The van der Waals surface area contributed by atoms with Gasteiger partial charge >= 0.3 is 0 Å². The third-order valence-electron chi connectivity index (χ3n) is 4.14. The van der Waals surface area contributed by atoms with Crippen molar-refractivity contribution in [3.8, 4) is 0 Å². The fourth-order valence-electron chi connectivity index (χ4n) is 3.24. The second-order valence-electron chi connectivity index (χ2n) is 5.39. The number of nitrogens with one attached hydrogen (secondary N) is 2. The topological polar surface area (TPSA) is 61.4 Å². The van der Waals surface area contributed by atoms with E-state index in [2.05, 4.69) is 10.6 Å². The van der Waals surface area contributed by atoms with Gasteiger partial charge in [-0.3, -0.25) is 9.59 Å². The second-order valence-corrected chi connectivity index (χ2v) is 5.39. The molecule has 0 radical (unpaired) electrons. The van der Waals surface area contributed by atoms with E-state index in [9.17, 15) is 9.59 Å². The van der Waals surface area contributed by atoms with Crippen LogP contribution in [0.1, 0.15) is 26.2 Å². The Bertz CT molecular complexity index is 332. The SMILES string of the molecule is CCNC(=O)CN(C)C(=O)C1NCC2CCCC21. The fraction of sp³-hybridized carbons (Fsp3) is 0.846. The van der Waals surface area contributed by atoms with E-state index < -0.39 is 0 Å². The molecule has 2 N–H and O–H groups in total. The standard InChI is InChI=1S/C13H23N3O2/c1-3-14-11(17)8-16(2)13(18)12-10-6-4-5-9(10)7-15-12/h9-10,12,15H,3-8H2,1-2H3,(H,14,17). The monoisotopic (exact) mass is 253 g/mol. The lowest BCUT2D eigenvalue weighted by molar-refractivity contribution is -0.136. The Kier molecular flexibility index (Phi) is 4.22. The summed E-state index contributed by atoms with van der Waals surface area (Å²) in [6, 6.07) is -0.0723. The molecule has 1 heterocycles. The lowest BCUT2D eigenvalue weighted by atomic mass is 9.93. The maximum Gasteiger partial charge on any atom is 0.240 e. The first-order valence-corrected chi connectivity index (χ1v) is 6.88. The average molecular weight is 253 g/mol. The normalized spacial score (nSPS) is 30.0. The van der Waals surface area contributed by atoms with Crippen LogP contribution < -0.4 is 10.6 Å². The molecule has 3 atom stereocenters. The molecule has 0 spiro atoms. The molecule has 1 saturated heterocycles. The van der Waals surface area contributed by atoms with E-state index in [4.69, 9.17) is 0 Å². The van der Waals surface area contributed by atoms with Crippen molar-refractivity contribution in [1.29, 1.82) is 0 Å². The Hall–Kier alpha value is -1.10. The molecule has 3 unspecified atom stereocenters. The van der Waals surface area contributed by atoms with Gasteiger partial charge in [-0.2, -0.15) is 0 Å². The van der Waals surface area contributed by atoms with Gasteiger partial charge in [-0.1, -0.05) is 6.42 Å². The van der Waals surface area contributed by atoms with Gasteiger partial charge in [0.05, 0.1) is 12.6 Å².